The van der Waals surface area contributed by atoms with Gasteiger partial charge >= 0.3 is 5.97 Å². The summed E-state index contributed by atoms with van der Waals surface area (Å²) in [6, 6.07) is 3.49. The first-order valence-corrected chi connectivity index (χ1v) is 7.65. The van der Waals surface area contributed by atoms with E-state index in [2.05, 4.69) is 4.72 Å². The number of halogens is 1. The smallest absolute Gasteiger partial charge is 0.337 e. The lowest BCUT2D eigenvalue weighted by Gasteiger charge is -2.12. The normalized spacial score (nSPS) is 13.2. The Labute approximate surface area is 122 Å². The summed E-state index contributed by atoms with van der Waals surface area (Å²) in [7, 11) is -2.18. The van der Waals surface area contributed by atoms with Crippen molar-refractivity contribution in [2.45, 2.75) is 11.8 Å². The number of methoxy groups -OCH3 is 1. The Kier molecular flexibility index (Phi) is 5.94. The molecule has 20 heavy (non-hydrogen) atoms. The number of benzene rings is 1. The standard InChI is InChI=1S/C12H16ClNO5S/c1-8(7-19-2)6-14-20(17,18)9-3-4-10(12(15)16)11(13)5-9/h3-5,8,14H,6-7H2,1-2H3,(H,15,16). The topological polar surface area (TPSA) is 92.7 Å². The van der Waals surface area contributed by atoms with E-state index in [9.17, 15) is 13.2 Å². The molecule has 112 valence electrons. The van der Waals surface area contributed by atoms with E-state index < -0.39 is 16.0 Å². The van der Waals surface area contributed by atoms with Crippen LogP contribution in [-0.2, 0) is 14.8 Å². The maximum absolute atomic E-state index is 12.0. The Morgan fingerprint density at radius 2 is 2.15 bits per heavy atom. The number of aromatic carboxylic acids is 1. The molecule has 0 fully saturated rings. The predicted octanol–water partition coefficient (Wildman–Crippen LogP) is 1.60. The number of rotatable bonds is 7. The third-order valence-electron chi connectivity index (χ3n) is 2.55. The molecule has 1 aromatic carbocycles. The number of ether oxygens (including phenoxy) is 1. The molecule has 2 N–H and O–H groups in total. The molecule has 0 heterocycles. The highest BCUT2D eigenvalue weighted by atomic mass is 35.5. The first-order valence-electron chi connectivity index (χ1n) is 5.79. The van der Waals surface area contributed by atoms with Gasteiger partial charge in [-0.05, 0) is 24.1 Å². The summed E-state index contributed by atoms with van der Waals surface area (Å²) in [5.41, 5.74) is -0.140. The van der Waals surface area contributed by atoms with Crippen molar-refractivity contribution in [2.75, 3.05) is 20.3 Å². The van der Waals surface area contributed by atoms with E-state index in [1.165, 1.54) is 13.2 Å². The van der Waals surface area contributed by atoms with Gasteiger partial charge in [0.1, 0.15) is 0 Å². The van der Waals surface area contributed by atoms with Crippen LogP contribution in [0.15, 0.2) is 23.1 Å². The Balaban J connectivity index is 2.88. The monoisotopic (exact) mass is 321 g/mol. The van der Waals surface area contributed by atoms with Crippen LogP contribution in [-0.4, -0.2) is 39.8 Å². The molecular formula is C12H16ClNO5S. The van der Waals surface area contributed by atoms with Crippen molar-refractivity contribution in [1.29, 1.82) is 0 Å². The highest BCUT2D eigenvalue weighted by Gasteiger charge is 2.18. The molecule has 0 aromatic heterocycles. The van der Waals surface area contributed by atoms with Gasteiger partial charge in [-0.1, -0.05) is 18.5 Å². The third-order valence-corrected chi connectivity index (χ3v) is 4.29. The van der Waals surface area contributed by atoms with Gasteiger partial charge in [0.15, 0.2) is 0 Å². The Bertz CT molecular complexity index is 588. The molecule has 6 nitrogen and oxygen atoms in total. The fourth-order valence-corrected chi connectivity index (χ4v) is 3.03. The minimum Gasteiger partial charge on any atom is -0.478 e. The summed E-state index contributed by atoms with van der Waals surface area (Å²) in [4.78, 5) is 10.7. The summed E-state index contributed by atoms with van der Waals surface area (Å²) < 4.78 is 31.4. The fourth-order valence-electron chi connectivity index (χ4n) is 1.52. The molecule has 0 saturated heterocycles. The van der Waals surface area contributed by atoms with Gasteiger partial charge in [0.25, 0.3) is 0 Å². The van der Waals surface area contributed by atoms with Crippen molar-refractivity contribution >= 4 is 27.6 Å². The van der Waals surface area contributed by atoms with E-state index in [-0.39, 0.29) is 27.9 Å². The van der Waals surface area contributed by atoms with Crippen LogP contribution < -0.4 is 4.72 Å². The lowest BCUT2D eigenvalue weighted by molar-refractivity contribution is 0.0697. The SMILES string of the molecule is COCC(C)CNS(=O)(=O)c1ccc(C(=O)O)c(Cl)c1. The number of carboxylic acids is 1. The average Bonchev–Trinajstić information content (AvgIpc) is 2.36. The minimum absolute atomic E-state index is 0.0172. The second-order valence-electron chi connectivity index (χ2n) is 4.36. The van der Waals surface area contributed by atoms with Gasteiger partial charge in [-0.2, -0.15) is 0 Å². The first kappa shape index (κ1) is 16.9. The minimum atomic E-state index is -3.72. The van der Waals surface area contributed by atoms with Crippen LogP contribution in [0, 0.1) is 5.92 Å². The Morgan fingerprint density at radius 1 is 1.50 bits per heavy atom. The van der Waals surface area contributed by atoms with Crippen LogP contribution in [0.1, 0.15) is 17.3 Å². The lowest BCUT2D eigenvalue weighted by atomic mass is 10.2. The molecule has 0 saturated carbocycles. The molecule has 1 rings (SSSR count). The zero-order valence-corrected chi connectivity index (χ0v) is 12.7. The average molecular weight is 322 g/mol. The van der Waals surface area contributed by atoms with Crippen LogP contribution in [0.3, 0.4) is 0 Å². The van der Waals surface area contributed by atoms with Crippen LogP contribution in [0.2, 0.25) is 5.02 Å². The van der Waals surface area contributed by atoms with Crippen LogP contribution in [0.25, 0.3) is 0 Å². The molecule has 1 aromatic rings. The molecule has 0 radical (unpaired) electrons. The van der Waals surface area contributed by atoms with Crippen LogP contribution in [0.4, 0.5) is 0 Å². The maximum Gasteiger partial charge on any atom is 0.337 e. The zero-order valence-electron chi connectivity index (χ0n) is 11.1. The quantitative estimate of drug-likeness (QED) is 0.795. The second-order valence-corrected chi connectivity index (χ2v) is 6.53. The first-order chi connectivity index (χ1) is 9.27. The third kappa shape index (κ3) is 4.45. The highest BCUT2D eigenvalue weighted by Crippen LogP contribution is 2.20. The predicted molar refractivity (Wildman–Crippen MR) is 74.6 cm³/mol. The molecule has 0 aliphatic heterocycles. The fraction of sp³-hybridized carbons (Fsp3) is 0.417. The van der Waals surface area contributed by atoms with Gasteiger partial charge < -0.3 is 9.84 Å². The zero-order chi connectivity index (χ0) is 15.3. The maximum atomic E-state index is 12.0. The van der Waals surface area contributed by atoms with Crippen LogP contribution in [0.5, 0.6) is 0 Å². The molecule has 0 amide bonds. The van der Waals surface area contributed by atoms with E-state index in [1.807, 2.05) is 6.92 Å². The van der Waals surface area contributed by atoms with Crippen LogP contribution >= 0.6 is 11.6 Å². The van der Waals surface area contributed by atoms with Crippen molar-refractivity contribution in [3.63, 3.8) is 0 Å². The van der Waals surface area contributed by atoms with E-state index in [4.69, 9.17) is 21.4 Å². The number of hydrogen-bond acceptors (Lipinski definition) is 4. The van der Waals surface area contributed by atoms with Crippen molar-refractivity contribution in [3.8, 4) is 0 Å². The highest BCUT2D eigenvalue weighted by molar-refractivity contribution is 7.89. The van der Waals surface area contributed by atoms with E-state index in [0.29, 0.717) is 6.61 Å². The summed E-state index contributed by atoms with van der Waals surface area (Å²) in [5, 5.41) is 8.71. The van der Waals surface area contributed by atoms with Gasteiger partial charge in [0.05, 0.1) is 15.5 Å². The molecular weight excluding hydrogens is 306 g/mol. The Morgan fingerprint density at radius 3 is 2.65 bits per heavy atom. The van der Waals surface area contributed by atoms with Gasteiger partial charge in [-0.3, -0.25) is 0 Å². The van der Waals surface area contributed by atoms with Gasteiger partial charge in [-0.25, -0.2) is 17.9 Å². The largest absolute Gasteiger partial charge is 0.478 e. The van der Waals surface area contributed by atoms with Crippen molar-refractivity contribution in [2.24, 2.45) is 5.92 Å². The number of nitrogens with one attached hydrogen (secondary N) is 1. The van der Waals surface area contributed by atoms with Gasteiger partial charge in [0, 0.05) is 20.3 Å². The molecule has 0 spiro atoms. The van der Waals surface area contributed by atoms with E-state index >= 15 is 0 Å². The number of sulfonamides is 1. The molecule has 0 aliphatic rings. The number of hydrogen-bond donors (Lipinski definition) is 2. The van der Waals surface area contributed by atoms with Crippen molar-refractivity contribution < 1.29 is 23.1 Å². The molecule has 0 bridgehead atoms. The number of carbonyl (C=O) groups is 1. The molecule has 8 heteroatoms. The van der Waals surface area contributed by atoms with Gasteiger partial charge in [-0.15, -0.1) is 0 Å². The summed E-state index contributed by atoms with van der Waals surface area (Å²) in [6.45, 7) is 2.49. The Hall–Kier alpha value is -1.15. The lowest BCUT2D eigenvalue weighted by Crippen LogP contribution is -2.30. The van der Waals surface area contributed by atoms with Crippen molar-refractivity contribution in [1.82, 2.24) is 4.72 Å². The van der Waals surface area contributed by atoms with Gasteiger partial charge in [0.2, 0.25) is 10.0 Å². The molecule has 1 unspecified atom stereocenters. The second kappa shape index (κ2) is 7.03. The van der Waals surface area contributed by atoms with E-state index in [0.717, 1.165) is 12.1 Å². The summed E-state index contributed by atoms with van der Waals surface area (Å²) in [5.74, 6) is -1.19. The molecule has 0 aliphatic carbocycles. The number of carboxylic acid groups (broad SMARTS) is 1. The van der Waals surface area contributed by atoms with E-state index in [1.54, 1.807) is 0 Å². The van der Waals surface area contributed by atoms with Crippen molar-refractivity contribution in [3.05, 3.63) is 28.8 Å². The summed E-state index contributed by atoms with van der Waals surface area (Å²) in [6.07, 6.45) is 0. The molecule has 1 atom stereocenters. The summed E-state index contributed by atoms with van der Waals surface area (Å²) >= 11 is 5.75.